The Kier molecular flexibility index (Phi) is 16.9. The molecule has 0 bridgehead atoms. The van der Waals surface area contributed by atoms with Crippen LogP contribution < -0.4 is 38.5 Å². The van der Waals surface area contributed by atoms with E-state index in [1.165, 1.54) is 0 Å². The summed E-state index contributed by atoms with van der Waals surface area (Å²) in [6, 6.07) is 3.98. The molecule has 5 rings (SSSR count). The largest absolute Gasteiger partial charge is 1.00 e. The first-order chi connectivity index (χ1) is 30.3. The third-order valence-electron chi connectivity index (χ3n) is 9.13. The number of phenols is 3. The third kappa shape index (κ3) is 12.7. The maximum atomic E-state index is 14.3. The molecule has 0 amide bonds. The van der Waals surface area contributed by atoms with Crippen LogP contribution in [0.25, 0.3) is 0 Å². The van der Waals surface area contributed by atoms with E-state index in [0.717, 1.165) is 32.0 Å². The average molecular weight is 977 g/mol. The summed E-state index contributed by atoms with van der Waals surface area (Å²) in [5, 5.41) is 78.7. The number of ether oxygens (including phenoxy) is 11. The van der Waals surface area contributed by atoms with Gasteiger partial charge in [-0.05, 0) is 24.6 Å². The van der Waals surface area contributed by atoms with E-state index in [0.29, 0.717) is 12.1 Å². The van der Waals surface area contributed by atoms with Crippen molar-refractivity contribution in [3.05, 3.63) is 41.5 Å². The van der Waals surface area contributed by atoms with Gasteiger partial charge in [0.25, 0.3) is 10.4 Å². The van der Waals surface area contributed by atoms with Crippen LogP contribution in [0.3, 0.4) is 0 Å². The first kappa shape index (κ1) is 52.3. The molecule has 0 saturated carbocycles. The zero-order valence-corrected chi connectivity index (χ0v) is 36.3. The van der Waals surface area contributed by atoms with Crippen molar-refractivity contribution in [2.45, 2.75) is 87.5 Å². The van der Waals surface area contributed by atoms with Crippen molar-refractivity contribution in [3.63, 3.8) is 0 Å². The molecule has 3 heterocycles. The quantitative estimate of drug-likeness (QED) is 0.0255. The molecule has 2 saturated heterocycles. The molecule has 2 aromatic rings. The van der Waals surface area contributed by atoms with Gasteiger partial charge in [0.15, 0.2) is 72.9 Å². The molecule has 2 aromatic carbocycles. The first-order valence-electron chi connectivity index (χ1n) is 17.8. The number of phenolic OH excluding ortho intramolecular Hbond substituents is 3. The van der Waals surface area contributed by atoms with Crippen molar-refractivity contribution in [1.29, 1.82) is 0 Å². The number of rotatable bonds is 14. The number of esters is 1. The molecule has 32 heteroatoms. The fraction of sp³-hybridized carbons (Fsp3) is 0.441. The van der Waals surface area contributed by atoms with Crippen LogP contribution in [-0.2, 0) is 62.6 Å². The summed E-state index contributed by atoms with van der Waals surface area (Å²) in [6.07, 6.45) is -36.2. The van der Waals surface area contributed by atoms with Crippen molar-refractivity contribution < 1.29 is 173 Å². The number of Topliss-reactive ketones (excluding diaryl/α,β-unsaturated/α-hetero) is 1. The topological polar surface area (TPSA) is 449 Å². The Morgan fingerprint density at radius 2 is 1.21 bits per heavy atom. The number of carbonyl (C=O) groups excluding carboxylic acids is 2. The number of aromatic hydroxyl groups is 3. The van der Waals surface area contributed by atoms with Crippen molar-refractivity contribution >= 4 is 52.9 Å². The van der Waals surface area contributed by atoms with Gasteiger partial charge in [0.2, 0.25) is 5.78 Å². The second-order valence-corrected chi connectivity index (χ2v) is 14.4. The van der Waals surface area contributed by atoms with E-state index in [4.69, 9.17) is 42.6 Å². The SMILES string of the molecule is CC(=O)OC1[C@H](OC2C(=O)c3c(O)cc(OS(=O)(=O)[O-])cc3OC2c2ccc(O)c(O)c2)O[C@H](CO[C@H]2OC(C)C(OC(=O)O)[C@@H](OC(=O)O)[C@H]2OC(=O)O)C(OC(=O)O)[C@@H]1OC(=O)O.[Na+]. The molecule has 0 spiro atoms. The molecule has 0 aromatic heterocycles. The molecule has 6 unspecified atom stereocenters. The summed E-state index contributed by atoms with van der Waals surface area (Å²) in [5.41, 5.74) is -1.06. The van der Waals surface area contributed by atoms with E-state index < -0.39 is 167 Å². The summed E-state index contributed by atoms with van der Waals surface area (Å²) < 4.78 is 96.1. The molecule has 0 radical (unpaired) electrons. The Morgan fingerprint density at radius 3 is 1.76 bits per heavy atom. The standard InChI is InChI=1S/C34H34O30S.Na/c1-9-20(59-30(40)41)24(61-32(44)45)26(63-34(48)49)28(54-9)53-8-17-22(60-31(42)43)25(62-33(46)47)27(55-10(2)35)29(57-17)58-23-19(39)18-15(38)6-12(64-65(50,51)52)7-16(18)56-21(23)11-3-4-13(36)14(37)5-11;/h3-7,9,17,20-29,36-38H,8H2,1-2H3,(H,40,41)(H,42,43)(H,44,45)(H,46,47)(H,48,49)(H,50,51,52);/q;+1/p-1/t9?,17-,20?,21?,22?,23?,24-,25+,26-,27?,28+,29+;/m1./s1. The summed E-state index contributed by atoms with van der Waals surface area (Å²) >= 11 is 0. The molecule has 356 valence electrons. The number of fused-ring (bicyclic) bond motifs is 1. The predicted octanol–water partition coefficient (Wildman–Crippen LogP) is -1.92. The fourth-order valence-corrected chi connectivity index (χ4v) is 7.15. The second-order valence-electron chi connectivity index (χ2n) is 13.4. The Morgan fingerprint density at radius 1 is 0.682 bits per heavy atom. The molecule has 3 aliphatic heterocycles. The minimum atomic E-state index is -5.48. The van der Waals surface area contributed by atoms with Crippen LogP contribution in [0.1, 0.15) is 35.9 Å². The summed E-state index contributed by atoms with van der Waals surface area (Å²) in [7, 11) is -5.48. The monoisotopic (exact) mass is 976 g/mol. The van der Waals surface area contributed by atoms with E-state index in [9.17, 15) is 87.4 Å². The number of benzene rings is 2. The van der Waals surface area contributed by atoms with Gasteiger partial charge < -0.3 is 102 Å². The van der Waals surface area contributed by atoms with Crippen LogP contribution in [0, 0.1) is 0 Å². The van der Waals surface area contributed by atoms with E-state index in [1.54, 1.807) is 0 Å². The Balaban J connectivity index is 0.00000952. The van der Waals surface area contributed by atoms with Gasteiger partial charge in [-0.25, -0.2) is 32.4 Å². The van der Waals surface area contributed by atoms with Gasteiger partial charge in [-0.3, -0.25) is 9.59 Å². The Bertz CT molecular complexity index is 2300. The van der Waals surface area contributed by atoms with E-state index in [2.05, 4.69) is 13.7 Å². The summed E-state index contributed by atoms with van der Waals surface area (Å²) in [6.45, 7) is 0.676. The first-order valence-corrected chi connectivity index (χ1v) is 19.1. The van der Waals surface area contributed by atoms with E-state index >= 15 is 0 Å². The van der Waals surface area contributed by atoms with Crippen LogP contribution >= 0.6 is 0 Å². The molecule has 30 nitrogen and oxygen atoms in total. The second kappa shape index (κ2) is 21.3. The number of hydrogen-bond donors (Lipinski definition) is 8. The molecule has 0 aliphatic carbocycles. The third-order valence-corrected chi connectivity index (χ3v) is 9.52. The van der Waals surface area contributed by atoms with E-state index in [1.807, 2.05) is 0 Å². The van der Waals surface area contributed by atoms with E-state index in [-0.39, 0.29) is 35.1 Å². The van der Waals surface area contributed by atoms with Gasteiger partial charge in [-0.2, -0.15) is 0 Å². The van der Waals surface area contributed by atoms with Crippen molar-refractivity contribution in [2.24, 2.45) is 0 Å². The Labute approximate surface area is 389 Å². The minimum absolute atomic E-state index is 0. The van der Waals surface area contributed by atoms with Gasteiger partial charge in [-0.1, -0.05) is 6.07 Å². The van der Waals surface area contributed by atoms with Crippen LogP contribution in [0.15, 0.2) is 30.3 Å². The minimum Gasteiger partial charge on any atom is -0.716 e. The van der Waals surface area contributed by atoms with Gasteiger partial charge in [0, 0.05) is 19.1 Å². The predicted molar refractivity (Wildman–Crippen MR) is 190 cm³/mol. The zero-order valence-electron chi connectivity index (χ0n) is 33.5. The maximum absolute atomic E-state index is 14.3. The molecule has 2 fully saturated rings. The Hall–Kier alpha value is -6.32. The molecule has 66 heavy (non-hydrogen) atoms. The number of hydrogen-bond acceptors (Lipinski definition) is 25. The summed E-state index contributed by atoms with van der Waals surface area (Å²) in [4.78, 5) is 85.7. The number of ketones is 1. The number of carboxylic acid groups (broad SMARTS) is 5. The van der Waals surface area contributed by atoms with Gasteiger partial charge in [0.05, 0.1) is 12.7 Å². The van der Waals surface area contributed by atoms with Crippen LogP contribution in [0.5, 0.6) is 28.7 Å². The van der Waals surface area contributed by atoms with Crippen LogP contribution in [-0.4, -0.2) is 170 Å². The molecule has 8 N–H and O–H groups in total. The van der Waals surface area contributed by atoms with Gasteiger partial charge in [0.1, 0.15) is 28.9 Å². The molecule has 12 atom stereocenters. The average Bonchev–Trinajstić information content (AvgIpc) is 3.16. The molecular formula is C34H33NaO30S. The normalized spacial score (nSPS) is 28.1. The van der Waals surface area contributed by atoms with Crippen molar-refractivity contribution in [1.82, 2.24) is 0 Å². The maximum Gasteiger partial charge on any atom is 1.00 e. The van der Waals surface area contributed by atoms with Gasteiger partial charge >= 0.3 is 66.3 Å². The van der Waals surface area contributed by atoms with Crippen molar-refractivity contribution in [2.75, 3.05) is 6.61 Å². The number of carbonyl (C=O) groups is 7. The molecular weight excluding hydrogens is 943 g/mol. The van der Waals surface area contributed by atoms with Crippen LogP contribution in [0.4, 0.5) is 24.0 Å². The van der Waals surface area contributed by atoms with Crippen LogP contribution in [0.2, 0.25) is 0 Å². The summed E-state index contributed by atoms with van der Waals surface area (Å²) in [5.74, 6) is -6.73. The molecule has 3 aliphatic rings. The van der Waals surface area contributed by atoms with Crippen molar-refractivity contribution in [3.8, 4) is 28.7 Å². The smallest absolute Gasteiger partial charge is 0.716 e. The zero-order chi connectivity index (χ0) is 48.2. The van der Waals surface area contributed by atoms with Gasteiger partial charge in [-0.15, -0.1) is 0 Å². The fourth-order valence-electron chi connectivity index (χ4n) is 6.82.